The number of aliphatic hydroxyl groups excluding tert-OH is 1. The number of allylic oxidation sites excluding steroid dienone is 1. The van der Waals surface area contributed by atoms with Crippen molar-refractivity contribution in [2.45, 2.75) is 60.6 Å². The average Bonchev–Trinajstić information content (AvgIpc) is 3.24. The average molecular weight is 501 g/mol. The minimum atomic E-state index is -0.544. The van der Waals surface area contributed by atoms with Gasteiger partial charge in [-0.15, -0.1) is 0 Å². The molecule has 8 nitrogen and oxygen atoms in total. The second kappa shape index (κ2) is 14.0. The van der Waals surface area contributed by atoms with Crippen molar-refractivity contribution >= 4 is 23.1 Å². The van der Waals surface area contributed by atoms with Crippen molar-refractivity contribution in [3.63, 3.8) is 0 Å². The summed E-state index contributed by atoms with van der Waals surface area (Å²) in [5.41, 5.74) is 16.6. The van der Waals surface area contributed by atoms with Crippen LogP contribution in [0.1, 0.15) is 56.4 Å². The Morgan fingerprint density at radius 1 is 1.22 bits per heavy atom. The number of hydrogen-bond donors (Lipinski definition) is 3. The number of rotatable bonds is 6. The molecule has 0 amide bonds. The van der Waals surface area contributed by atoms with Gasteiger partial charge in [-0.1, -0.05) is 34.3 Å². The van der Waals surface area contributed by atoms with Crippen molar-refractivity contribution in [2.24, 2.45) is 5.73 Å². The highest BCUT2D eigenvalue weighted by Crippen LogP contribution is 2.37. The Labute approximate surface area is 211 Å². The Balaban J connectivity index is 0.00000101. The lowest BCUT2D eigenvalue weighted by atomic mass is 9.96. The quantitative estimate of drug-likeness (QED) is 0.267. The highest BCUT2D eigenvalue weighted by molar-refractivity contribution is 5.90. The molecule has 36 heavy (non-hydrogen) atoms. The van der Waals surface area contributed by atoms with Crippen molar-refractivity contribution in [3.05, 3.63) is 68.9 Å². The summed E-state index contributed by atoms with van der Waals surface area (Å²) in [5, 5.41) is 7.73. The van der Waals surface area contributed by atoms with Crippen LogP contribution >= 0.6 is 0 Å². The molecule has 1 aromatic carbocycles. The number of anilines is 1. The molecule has 5 N–H and O–H groups in total. The number of aliphatic hydroxyl groups is 1. The number of pyridine rings is 2. The predicted molar refractivity (Wildman–Crippen MR) is 143 cm³/mol. The maximum absolute atomic E-state index is 14.1. The Bertz CT molecular complexity index is 1290. The van der Waals surface area contributed by atoms with Gasteiger partial charge in [0.15, 0.2) is 0 Å². The Kier molecular flexibility index (Phi) is 11.8. The number of nitrogens with zero attached hydrogens (tertiary/aromatic N) is 2. The van der Waals surface area contributed by atoms with Crippen molar-refractivity contribution in [1.82, 2.24) is 9.55 Å². The van der Waals surface area contributed by atoms with Crippen LogP contribution in [-0.2, 0) is 29.1 Å². The maximum Gasteiger partial charge on any atom is 0.293 e. The standard InChI is InChI=1S/C22H21FN4O3.2C2H6.CH4O/c1-11-5-20-21-15(8-27(20)22(29)16(11)9-30-10-28)13(4-3-12(2)24)14-6-18(25)17(23)7-19(14)26-21;3*1-2/h5-7,10H,2-4,8-9,24-25H2,1H3;2*1-2H3;2H,1H3. The topological polar surface area (TPSA) is 133 Å². The number of nitrogen functional groups attached to an aromatic ring is 1. The van der Waals surface area contributed by atoms with Crippen molar-refractivity contribution in [3.8, 4) is 11.4 Å². The molecule has 0 saturated carbocycles. The third kappa shape index (κ3) is 6.09. The van der Waals surface area contributed by atoms with Crippen LogP contribution in [0.15, 0.2) is 35.3 Å². The molecule has 4 rings (SSSR count). The van der Waals surface area contributed by atoms with E-state index < -0.39 is 5.82 Å². The lowest BCUT2D eigenvalue weighted by molar-refractivity contribution is -0.129. The maximum atomic E-state index is 14.1. The minimum Gasteiger partial charge on any atom is -0.463 e. The molecule has 0 saturated heterocycles. The van der Waals surface area contributed by atoms with E-state index in [1.165, 1.54) is 6.07 Å². The van der Waals surface area contributed by atoms with Crippen LogP contribution in [0, 0.1) is 12.7 Å². The zero-order chi connectivity index (χ0) is 27.6. The van der Waals surface area contributed by atoms with Gasteiger partial charge < -0.3 is 25.9 Å². The van der Waals surface area contributed by atoms with E-state index in [9.17, 15) is 14.0 Å². The van der Waals surface area contributed by atoms with Gasteiger partial charge in [-0.25, -0.2) is 9.37 Å². The molecule has 3 aromatic rings. The number of hydrogen-bond acceptors (Lipinski definition) is 7. The van der Waals surface area contributed by atoms with Gasteiger partial charge in [-0.05, 0) is 43.0 Å². The summed E-state index contributed by atoms with van der Waals surface area (Å²) in [5.74, 6) is -0.544. The number of halogens is 1. The minimum absolute atomic E-state index is 0.0360. The second-order valence-corrected chi connectivity index (χ2v) is 7.46. The molecule has 196 valence electrons. The zero-order valence-electron chi connectivity index (χ0n) is 21.9. The molecule has 0 spiro atoms. The summed E-state index contributed by atoms with van der Waals surface area (Å²) < 4.78 is 20.6. The molecule has 0 bridgehead atoms. The van der Waals surface area contributed by atoms with Crippen LogP contribution in [0.25, 0.3) is 22.3 Å². The van der Waals surface area contributed by atoms with Crippen LogP contribution in [0.5, 0.6) is 0 Å². The smallest absolute Gasteiger partial charge is 0.293 e. The van der Waals surface area contributed by atoms with Crippen LogP contribution in [0.3, 0.4) is 0 Å². The first-order chi connectivity index (χ1) is 17.3. The molecule has 0 radical (unpaired) electrons. The second-order valence-electron chi connectivity index (χ2n) is 7.46. The summed E-state index contributed by atoms with van der Waals surface area (Å²) in [6.45, 7) is 14.1. The number of benzene rings is 1. The third-order valence-electron chi connectivity index (χ3n) is 5.50. The number of nitrogens with two attached hydrogens (primary N) is 2. The number of fused-ring (bicyclic) bond motifs is 4. The fourth-order valence-electron chi connectivity index (χ4n) is 3.98. The Morgan fingerprint density at radius 2 is 1.86 bits per heavy atom. The fraction of sp³-hybridized carbons (Fsp3) is 0.370. The van der Waals surface area contributed by atoms with Crippen molar-refractivity contribution in [1.29, 1.82) is 0 Å². The van der Waals surface area contributed by atoms with Gasteiger partial charge in [0.05, 0.1) is 34.7 Å². The van der Waals surface area contributed by atoms with Gasteiger partial charge in [0.2, 0.25) is 0 Å². The number of carbonyl (C=O) groups is 1. The SMILES string of the molecule is C=C(N)CCc1c2c(nc3cc(F)c(N)cc13)-c1cc(C)c(COC=O)c(=O)n1C2.CC.CC.CO. The van der Waals surface area contributed by atoms with Gasteiger partial charge in [-0.2, -0.15) is 0 Å². The van der Waals surface area contributed by atoms with E-state index in [-0.39, 0.29) is 17.9 Å². The normalized spacial score (nSPS) is 10.4. The van der Waals surface area contributed by atoms with Crippen LogP contribution in [0.4, 0.5) is 10.1 Å². The summed E-state index contributed by atoms with van der Waals surface area (Å²) in [4.78, 5) is 28.3. The van der Waals surface area contributed by atoms with Crippen molar-refractivity contribution in [2.75, 3.05) is 12.8 Å². The first-order valence-corrected chi connectivity index (χ1v) is 11.9. The summed E-state index contributed by atoms with van der Waals surface area (Å²) >= 11 is 0. The van der Waals surface area contributed by atoms with E-state index >= 15 is 0 Å². The zero-order valence-corrected chi connectivity index (χ0v) is 21.9. The Hall–Kier alpha value is -3.72. The van der Waals surface area contributed by atoms with E-state index in [1.54, 1.807) is 17.6 Å². The highest BCUT2D eigenvalue weighted by atomic mass is 19.1. The van der Waals surface area contributed by atoms with E-state index in [4.69, 9.17) is 21.3 Å². The molecule has 1 aliphatic rings. The lowest BCUT2D eigenvalue weighted by Crippen LogP contribution is -2.24. The lowest BCUT2D eigenvalue weighted by Gasteiger charge is -2.13. The summed E-state index contributed by atoms with van der Waals surface area (Å²) in [7, 11) is 1.00. The van der Waals surface area contributed by atoms with Crippen LogP contribution < -0.4 is 17.0 Å². The van der Waals surface area contributed by atoms with Gasteiger partial charge in [0.1, 0.15) is 12.4 Å². The molecule has 3 heterocycles. The van der Waals surface area contributed by atoms with Gasteiger partial charge in [0, 0.05) is 29.8 Å². The van der Waals surface area contributed by atoms with Crippen LogP contribution in [-0.4, -0.2) is 28.2 Å². The first-order valence-electron chi connectivity index (χ1n) is 11.9. The molecule has 0 unspecified atom stereocenters. The van der Waals surface area contributed by atoms with E-state index in [0.717, 1.165) is 23.6 Å². The Morgan fingerprint density at radius 3 is 2.44 bits per heavy atom. The number of aromatic nitrogens is 2. The molecule has 0 atom stereocenters. The molecular weight excluding hydrogens is 463 g/mol. The third-order valence-corrected chi connectivity index (χ3v) is 5.50. The van der Waals surface area contributed by atoms with Crippen molar-refractivity contribution < 1.29 is 19.0 Å². The summed E-state index contributed by atoms with van der Waals surface area (Å²) in [6, 6.07) is 4.73. The molecule has 2 aromatic heterocycles. The first kappa shape index (κ1) is 30.3. The largest absolute Gasteiger partial charge is 0.463 e. The molecule has 0 aliphatic carbocycles. The number of carbonyl (C=O) groups excluding carboxylic acids is 1. The van der Waals surface area contributed by atoms with Gasteiger partial charge in [-0.3, -0.25) is 9.59 Å². The van der Waals surface area contributed by atoms with Gasteiger partial charge >= 0.3 is 0 Å². The van der Waals surface area contributed by atoms with E-state index in [1.807, 2.05) is 33.8 Å². The molecule has 0 fully saturated rings. The summed E-state index contributed by atoms with van der Waals surface area (Å²) in [6.07, 6.45) is 1.09. The van der Waals surface area contributed by atoms with Gasteiger partial charge in [0.25, 0.3) is 12.0 Å². The molecule has 9 heteroatoms. The number of ether oxygens (including phenoxy) is 1. The fourth-order valence-corrected chi connectivity index (χ4v) is 3.98. The number of aryl methyl sites for hydroxylation is 2. The van der Waals surface area contributed by atoms with E-state index in [2.05, 4.69) is 11.6 Å². The van der Waals surface area contributed by atoms with Crippen LogP contribution in [0.2, 0.25) is 0 Å². The predicted octanol–water partition coefficient (Wildman–Crippen LogP) is 4.19. The molecule has 1 aliphatic heterocycles. The monoisotopic (exact) mass is 500 g/mol. The molecular formula is C27H37FN4O4. The highest BCUT2D eigenvalue weighted by Gasteiger charge is 2.27. The van der Waals surface area contributed by atoms with E-state index in [0.29, 0.717) is 59.6 Å².